The van der Waals surface area contributed by atoms with E-state index in [1.165, 1.54) is 11.3 Å². The molecule has 1 aromatic carbocycles. The number of carbonyl (C=O) groups is 1. The molecule has 2 N–H and O–H groups in total. The summed E-state index contributed by atoms with van der Waals surface area (Å²) in [6.07, 6.45) is 0. The van der Waals surface area contributed by atoms with Gasteiger partial charge in [-0.1, -0.05) is 23.7 Å². The highest BCUT2D eigenvalue weighted by atomic mass is 35.5. The smallest absolute Gasteiger partial charge is 0.308 e. The first-order valence-corrected chi connectivity index (χ1v) is 10.2. The number of benzene rings is 1. The Hall–Kier alpha value is -2.55. The van der Waals surface area contributed by atoms with E-state index >= 15 is 0 Å². The minimum Gasteiger partial charge on any atom is -0.481 e. The van der Waals surface area contributed by atoms with Crippen LogP contribution in [-0.4, -0.2) is 36.7 Å². The predicted octanol–water partition coefficient (Wildman–Crippen LogP) is 3.70. The molecule has 9 heteroatoms. The zero-order valence-corrected chi connectivity index (χ0v) is 17.6. The van der Waals surface area contributed by atoms with E-state index < -0.39 is 17.9 Å². The number of aliphatic hydroxyl groups excluding tert-OH is 1. The number of aliphatic hydroxyl groups is 1. The molecular weight excluding hydrogens is 412 g/mol. The number of halogens is 1. The van der Waals surface area contributed by atoms with E-state index in [9.17, 15) is 15.0 Å². The summed E-state index contributed by atoms with van der Waals surface area (Å²) >= 11 is 7.51. The molecule has 7 nitrogen and oxygen atoms in total. The van der Waals surface area contributed by atoms with Gasteiger partial charge in [0.1, 0.15) is 16.9 Å². The predicted molar refractivity (Wildman–Crippen MR) is 111 cm³/mol. The molecule has 0 radical (unpaired) electrons. The maximum atomic E-state index is 11.8. The lowest BCUT2D eigenvalue weighted by Gasteiger charge is -2.16. The zero-order valence-electron chi connectivity index (χ0n) is 16.0. The Morgan fingerprint density at radius 1 is 1.28 bits per heavy atom. The Kier molecular flexibility index (Phi) is 5.02. The average Bonchev–Trinajstić information content (AvgIpc) is 3.18. The van der Waals surface area contributed by atoms with E-state index in [-0.39, 0.29) is 6.61 Å². The van der Waals surface area contributed by atoms with Crippen LogP contribution in [0, 0.1) is 19.8 Å². The van der Waals surface area contributed by atoms with E-state index in [1.807, 2.05) is 30.5 Å². The van der Waals surface area contributed by atoms with Crippen LogP contribution in [-0.2, 0) is 11.4 Å². The van der Waals surface area contributed by atoms with Gasteiger partial charge in [0.15, 0.2) is 5.82 Å². The fourth-order valence-corrected chi connectivity index (χ4v) is 4.86. The fraction of sp³-hybridized carbons (Fsp3) is 0.300. The van der Waals surface area contributed by atoms with Gasteiger partial charge in [-0.25, -0.2) is 0 Å². The second-order valence-corrected chi connectivity index (χ2v) is 8.51. The van der Waals surface area contributed by atoms with Crippen molar-refractivity contribution in [3.8, 4) is 5.00 Å². The molecule has 1 aliphatic heterocycles. The van der Waals surface area contributed by atoms with Gasteiger partial charge in [-0.3, -0.25) is 14.4 Å². The molecule has 3 heterocycles. The van der Waals surface area contributed by atoms with Gasteiger partial charge >= 0.3 is 5.97 Å². The number of aliphatic carboxylic acids is 1. The minimum atomic E-state index is -0.959. The molecule has 2 aromatic heterocycles. The molecule has 0 spiro atoms. The number of aromatic nitrogens is 3. The number of hydrogen-bond donors (Lipinski definition) is 2. The third-order valence-corrected chi connectivity index (χ3v) is 6.69. The minimum absolute atomic E-state index is 0.0944. The van der Waals surface area contributed by atoms with E-state index in [1.54, 1.807) is 19.1 Å². The lowest BCUT2D eigenvalue weighted by molar-refractivity contribution is -0.141. The first-order chi connectivity index (χ1) is 13.8. The van der Waals surface area contributed by atoms with E-state index in [4.69, 9.17) is 16.6 Å². The van der Waals surface area contributed by atoms with Crippen LogP contribution in [0.25, 0.3) is 5.00 Å². The van der Waals surface area contributed by atoms with Crippen LogP contribution in [0.15, 0.2) is 29.3 Å². The Balaban J connectivity index is 2.07. The summed E-state index contributed by atoms with van der Waals surface area (Å²) in [6, 6.07) is 6.57. The highest BCUT2D eigenvalue weighted by Crippen LogP contribution is 2.41. The van der Waals surface area contributed by atoms with E-state index in [0.29, 0.717) is 22.4 Å². The Morgan fingerprint density at radius 3 is 2.59 bits per heavy atom. The molecule has 150 valence electrons. The zero-order chi connectivity index (χ0) is 20.9. The van der Waals surface area contributed by atoms with Gasteiger partial charge in [0, 0.05) is 21.0 Å². The molecule has 0 saturated carbocycles. The number of nitrogens with zero attached hydrogens (tertiary/aromatic N) is 4. The largest absolute Gasteiger partial charge is 0.481 e. The third kappa shape index (κ3) is 3.17. The van der Waals surface area contributed by atoms with Gasteiger partial charge in [0.2, 0.25) is 0 Å². The second kappa shape index (κ2) is 7.37. The van der Waals surface area contributed by atoms with Crippen molar-refractivity contribution in [2.45, 2.75) is 33.4 Å². The van der Waals surface area contributed by atoms with Gasteiger partial charge < -0.3 is 10.2 Å². The van der Waals surface area contributed by atoms with Gasteiger partial charge in [0.25, 0.3) is 0 Å². The van der Waals surface area contributed by atoms with Gasteiger partial charge in [-0.2, -0.15) is 0 Å². The van der Waals surface area contributed by atoms with Crippen molar-refractivity contribution in [3.05, 3.63) is 62.5 Å². The molecule has 1 unspecified atom stereocenters. The standard InChI is InChI=1S/C20H19ClN4O3S/c1-9-14(8-26)29-19-15(9)17(12-4-6-13(21)7-5-12)22-16(10(2)20(27)28)18-24-23-11(3)25(18)19/h4-7,10,16,26H,8H2,1-3H3,(H,27,28)/t10?,16-/m0/s1. The fourth-order valence-electron chi connectivity index (χ4n) is 3.51. The maximum absolute atomic E-state index is 11.8. The summed E-state index contributed by atoms with van der Waals surface area (Å²) < 4.78 is 1.86. The van der Waals surface area contributed by atoms with Crippen molar-refractivity contribution in [3.63, 3.8) is 0 Å². The normalized spacial score (nSPS) is 16.6. The topological polar surface area (TPSA) is 101 Å². The van der Waals surface area contributed by atoms with Gasteiger partial charge in [-0.05, 0) is 38.5 Å². The third-order valence-electron chi connectivity index (χ3n) is 5.17. The van der Waals surface area contributed by atoms with Crippen LogP contribution >= 0.6 is 22.9 Å². The SMILES string of the molecule is Cc1c(CO)sc2c1C(c1ccc(Cl)cc1)=N[C@@H](C(C)C(=O)O)c1nnc(C)n1-2. The molecule has 0 amide bonds. The van der Waals surface area contributed by atoms with Crippen LogP contribution in [0.1, 0.15) is 46.2 Å². The molecule has 0 bridgehead atoms. The van der Waals surface area contributed by atoms with Crippen LogP contribution in [0.2, 0.25) is 5.02 Å². The number of fused-ring (bicyclic) bond motifs is 3. The van der Waals surface area contributed by atoms with Crippen molar-refractivity contribution in [1.29, 1.82) is 0 Å². The number of carboxylic acid groups (broad SMARTS) is 1. The van der Waals surface area contributed by atoms with Crippen molar-refractivity contribution >= 4 is 34.6 Å². The molecule has 0 fully saturated rings. The molecular formula is C20H19ClN4O3S. The summed E-state index contributed by atoms with van der Waals surface area (Å²) in [7, 11) is 0. The molecule has 4 rings (SSSR count). The summed E-state index contributed by atoms with van der Waals surface area (Å²) in [6.45, 7) is 5.29. The van der Waals surface area contributed by atoms with Gasteiger partial charge in [-0.15, -0.1) is 21.5 Å². The number of thiophene rings is 1. The molecule has 1 aliphatic rings. The maximum Gasteiger partial charge on any atom is 0.308 e. The number of hydrogen-bond acceptors (Lipinski definition) is 6. The van der Waals surface area contributed by atoms with E-state index in [0.717, 1.165) is 26.6 Å². The van der Waals surface area contributed by atoms with Crippen molar-refractivity contribution in [1.82, 2.24) is 14.8 Å². The number of aliphatic imine (C=N–C) groups is 1. The Labute approximate surface area is 176 Å². The molecule has 2 atom stereocenters. The lowest BCUT2D eigenvalue weighted by Crippen LogP contribution is -2.21. The second-order valence-electron chi connectivity index (χ2n) is 6.99. The first-order valence-electron chi connectivity index (χ1n) is 9.05. The first kappa shape index (κ1) is 19.8. The molecule has 0 saturated heterocycles. The summed E-state index contributed by atoms with van der Waals surface area (Å²) in [5.41, 5.74) is 3.24. The average molecular weight is 431 g/mol. The number of aryl methyl sites for hydroxylation is 1. The Bertz CT molecular complexity index is 1130. The van der Waals surface area contributed by atoms with Crippen molar-refractivity contribution in [2.24, 2.45) is 10.9 Å². The summed E-state index contributed by atoms with van der Waals surface area (Å²) in [5.74, 6) is -0.638. The van der Waals surface area contributed by atoms with Gasteiger partial charge in [0.05, 0.1) is 18.2 Å². The van der Waals surface area contributed by atoms with E-state index in [2.05, 4.69) is 10.2 Å². The number of carboxylic acids is 1. The van der Waals surface area contributed by atoms with Crippen LogP contribution in [0.3, 0.4) is 0 Å². The summed E-state index contributed by atoms with van der Waals surface area (Å²) in [5, 5.41) is 29.4. The van der Waals surface area contributed by atoms with Crippen molar-refractivity contribution in [2.75, 3.05) is 0 Å². The van der Waals surface area contributed by atoms with Crippen LogP contribution < -0.4 is 0 Å². The number of rotatable bonds is 4. The monoisotopic (exact) mass is 430 g/mol. The molecule has 29 heavy (non-hydrogen) atoms. The molecule has 0 aliphatic carbocycles. The van der Waals surface area contributed by atoms with Crippen molar-refractivity contribution < 1.29 is 15.0 Å². The summed E-state index contributed by atoms with van der Waals surface area (Å²) in [4.78, 5) is 17.5. The highest BCUT2D eigenvalue weighted by Gasteiger charge is 2.36. The molecule has 3 aromatic rings. The quantitative estimate of drug-likeness (QED) is 0.657. The van der Waals surface area contributed by atoms with Crippen LogP contribution in [0.4, 0.5) is 0 Å². The Morgan fingerprint density at radius 2 is 1.97 bits per heavy atom. The van der Waals surface area contributed by atoms with Crippen LogP contribution in [0.5, 0.6) is 0 Å². The lowest BCUT2D eigenvalue weighted by atomic mass is 9.98. The highest BCUT2D eigenvalue weighted by molar-refractivity contribution is 7.15.